The van der Waals surface area contributed by atoms with Gasteiger partial charge in [0.2, 0.25) is 0 Å². The third-order valence-electron chi connectivity index (χ3n) is 4.52. The fraction of sp³-hybridized carbons (Fsp3) is 0.714. The monoisotopic (exact) mass is 268 g/mol. The summed E-state index contributed by atoms with van der Waals surface area (Å²) in [5, 5.41) is 28.1. The van der Waals surface area contributed by atoms with Gasteiger partial charge < -0.3 is 15.3 Å². The van der Waals surface area contributed by atoms with Crippen molar-refractivity contribution in [1.29, 1.82) is 0 Å². The molecule has 0 radical (unpaired) electrons. The molecule has 106 valence electrons. The lowest BCUT2D eigenvalue weighted by Gasteiger charge is -2.37. The lowest BCUT2D eigenvalue weighted by atomic mass is 9.66. The maximum absolute atomic E-state index is 11.5. The van der Waals surface area contributed by atoms with Crippen molar-refractivity contribution in [3.05, 3.63) is 12.2 Å². The molecule has 2 bridgehead atoms. The molecule has 0 aromatic carbocycles. The number of carboxylic acids is 2. The van der Waals surface area contributed by atoms with Crippen LogP contribution in [0.1, 0.15) is 26.7 Å². The Bertz CT molecular complexity index is 439. The summed E-state index contributed by atoms with van der Waals surface area (Å²) in [6.07, 6.45) is 4.76. The van der Waals surface area contributed by atoms with Crippen molar-refractivity contribution < 1.29 is 24.9 Å². The van der Waals surface area contributed by atoms with Gasteiger partial charge in [-0.25, -0.2) is 0 Å². The Morgan fingerprint density at radius 2 is 1.95 bits per heavy atom. The summed E-state index contributed by atoms with van der Waals surface area (Å²) in [6, 6.07) is 0. The third-order valence-corrected chi connectivity index (χ3v) is 4.52. The first kappa shape index (κ1) is 14.1. The zero-order chi connectivity index (χ0) is 14.4. The van der Waals surface area contributed by atoms with Crippen molar-refractivity contribution in [2.45, 2.75) is 26.7 Å². The van der Waals surface area contributed by atoms with Crippen LogP contribution in [0.2, 0.25) is 0 Å². The standard InChI is InChI=1S/C14H20O5/c1-13(2,7-15)6-14-4-3-8(5-14)9(11(16)17)10(14)12(18)19/h3-4,8-10,15H,5-7H2,1-2H3,(H,16,17)(H,18,19). The van der Waals surface area contributed by atoms with Crippen LogP contribution < -0.4 is 0 Å². The van der Waals surface area contributed by atoms with Crippen molar-refractivity contribution in [3.63, 3.8) is 0 Å². The maximum Gasteiger partial charge on any atom is 0.308 e. The Hall–Kier alpha value is -1.36. The molecular weight excluding hydrogens is 248 g/mol. The van der Waals surface area contributed by atoms with Gasteiger partial charge >= 0.3 is 11.9 Å². The van der Waals surface area contributed by atoms with Crippen LogP contribution in [0.4, 0.5) is 0 Å². The molecule has 0 spiro atoms. The molecule has 0 heterocycles. The van der Waals surface area contributed by atoms with E-state index in [-0.39, 0.29) is 12.5 Å². The molecule has 0 saturated heterocycles. The largest absolute Gasteiger partial charge is 0.481 e. The number of aliphatic hydroxyl groups excluding tert-OH is 1. The van der Waals surface area contributed by atoms with Crippen LogP contribution in [0.3, 0.4) is 0 Å². The molecule has 1 fully saturated rings. The Morgan fingerprint density at radius 3 is 2.42 bits per heavy atom. The van der Waals surface area contributed by atoms with Crippen LogP contribution in [-0.4, -0.2) is 33.9 Å². The quantitative estimate of drug-likeness (QED) is 0.655. The predicted octanol–water partition coefficient (Wildman–Crippen LogP) is 1.37. The number of carboxylic acid groups (broad SMARTS) is 2. The highest BCUT2D eigenvalue weighted by Gasteiger charge is 2.61. The molecule has 19 heavy (non-hydrogen) atoms. The summed E-state index contributed by atoms with van der Waals surface area (Å²) < 4.78 is 0. The van der Waals surface area contributed by atoms with E-state index in [0.29, 0.717) is 12.8 Å². The van der Waals surface area contributed by atoms with Gasteiger partial charge in [0.15, 0.2) is 0 Å². The van der Waals surface area contributed by atoms with E-state index in [0.717, 1.165) is 0 Å². The van der Waals surface area contributed by atoms with Crippen molar-refractivity contribution in [2.24, 2.45) is 28.6 Å². The predicted molar refractivity (Wildman–Crippen MR) is 67.4 cm³/mol. The lowest BCUT2D eigenvalue weighted by molar-refractivity contribution is -0.156. The first-order chi connectivity index (χ1) is 8.72. The van der Waals surface area contributed by atoms with Crippen LogP contribution in [0, 0.1) is 28.6 Å². The van der Waals surface area contributed by atoms with E-state index in [4.69, 9.17) is 0 Å². The van der Waals surface area contributed by atoms with E-state index in [9.17, 15) is 24.9 Å². The first-order valence-corrected chi connectivity index (χ1v) is 6.48. The van der Waals surface area contributed by atoms with Gasteiger partial charge in [-0.05, 0) is 24.2 Å². The fourth-order valence-corrected chi connectivity index (χ4v) is 3.89. The van der Waals surface area contributed by atoms with Gasteiger partial charge in [-0.2, -0.15) is 0 Å². The van der Waals surface area contributed by atoms with E-state index in [1.807, 2.05) is 26.0 Å². The highest BCUT2D eigenvalue weighted by Crippen LogP contribution is 2.60. The Labute approximate surface area is 111 Å². The molecule has 0 amide bonds. The van der Waals surface area contributed by atoms with Gasteiger partial charge in [0.1, 0.15) is 0 Å². The zero-order valence-corrected chi connectivity index (χ0v) is 11.2. The van der Waals surface area contributed by atoms with E-state index in [1.54, 1.807) is 0 Å². The van der Waals surface area contributed by atoms with Crippen molar-refractivity contribution in [2.75, 3.05) is 6.61 Å². The number of fused-ring (bicyclic) bond motifs is 2. The second-order valence-corrected chi connectivity index (χ2v) is 6.64. The molecule has 3 N–H and O–H groups in total. The van der Waals surface area contributed by atoms with Crippen LogP contribution >= 0.6 is 0 Å². The maximum atomic E-state index is 11.5. The van der Waals surface area contributed by atoms with Gasteiger partial charge in [-0.1, -0.05) is 26.0 Å². The lowest BCUT2D eigenvalue weighted by Crippen LogP contribution is -2.41. The summed E-state index contributed by atoms with van der Waals surface area (Å²) in [6.45, 7) is 3.70. The molecule has 2 rings (SSSR count). The molecule has 0 aromatic rings. The third kappa shape index (κ3) is 2.16. The summed E-state index contributed by atoms with van der Waals surface area (Å²) >= 11 is 0. The van der Waals surface area contributed by atoms with E-state index in [2.05, 4.69) is 0 Å². The Morgan fingerprint density at radius 1 is 1.32 bits per heavy atom. The summed E-state index contributed by atoms with van der Waals surface area (Å²) in [7, 11) is 0. The van der Waals surface area contributed by atoms with Crippen LogP contribution in [0.15, 0.2) is 12.2 Å². The summed E-state index contributed by atoms with van der Waals surface area (Å²) in [5.74, 6) is -4.03. The number of rotatable bonds is 5. The number of aliphatic carboxylic acids is 2. The highest BCUT2D eigenvalue weighted by molar-refractivity contribution is 5.83. The van der Waals surface area contributed by atoms with Crippen LogP contribution in [0.25, 0.3) is 0 Å². The highest BCUT2D eigenvalue weighted by atomic mass is 16.4. The SMILES string of the molecule is CC(C)(CO)CC12C=CC(C1)C(C(=O)O)C2C(=O)O. The molecule has 1 saturated carbocycles. The number of hydrogen-bond acceptors (Lipinski definition) is 3. The van der Waals surface area contributed by atoms with Crippen molar-refractivity contribution in [3.8, 4) is 0 Å². The average molecular weight is 268 g/mol. The minimum Gasteiger partial charge on any atom is -0.481 e. The second-order valence-electron chi connectivity index (χ2n) is 6.64. The van der Waals surface area contributed by atoms with Crippen LogP contribution in [0.5, 0.6) is 0 Å². The Kier molecular flexibility index (Phi) is 3.21. The van der Waals surface area contributed by atoms with Gasteiger partial charge in [0.25, 0.3) is 0 Å². The van der Waals surface area contributed by atoms with E-state index in [1.165, 1.54) is 0 Å². The molecule has 4 unspecified atom stereocenters. The van der Waals surface area contributed by atoms with E-state index < -0.39 is 34.6 Å². The van der Waals surface area contributed by atoms with Gasteiger partial charge in [0.05, 0.1) is 11.8 Å². The van der Waals surface area contributed by atoms with Gasteiger partial charge in [-0.3, -0.25) is 9.59 Å². The molecule has 2 aliphatic rings. The number of allylic oxidation sites excluding steroid dienone is 2. The number of carbonyl (C=O) groups is 2. The second kappa shape index (κ2) is 4.34. The molecule has 0 aliphatic heterocycles. The number of aliphatic hydroxyl groups is 1. The molecule has 2 aliphatic carbocycles. The number of hydrogen-bond donors (Lipinski definition) is 3. The van der Waals surface area contributed by atoms with E-state index >= 15 is 0 Å². The molecule has 4 atom stereocenters. The first-order valence-electron chi connectivity index (χ1n) is 6.48. The topological polar surface area (TPSA) is 94.8 Å². The summed E-state index contributed by atoms with van der Waals surface area (Å²) in [5.41, 5.74) is -1.05. The summed E-state index contributed by atoms with van der Waals surface area (Å²) in [4.78, 5) is 22.9. The fourth-order valence-electron chi connectivity index (χ4n) is 3.89. The van der Waals surface area contributed by atoms with Crippen molar-refractivity contribution in [1.82, 2.24) is 0 Å². The average Bonchev–Trinajstić information content (AvgIpc) is 2.82. The molecule has 5 heteroatoms. The molecule has 0 aromatic heterocycles. The smallest absolute Gasteiger partial charge is 0.308 e. The van der Waals surface area contributed by atoms with Gasteiger partial charge in [-0.15, -0.1) is 0 Å². The van der Waals surface area contributed by atoms with Crippen LogP contribution in [-0.2, 0) is 9.59 Å². The molecule has 5 nitrogen and oxygen atoms in total. The Balaban J connectivity index is 2.37. The zero-order valence-electron chi connectivity index (χ0n) is 11.2. The molecular formula is C14H20O5. The minimum atomic E-state index is -1.05. The normalized spacial score (nSPS) is 36.7. The van der Waals surface area contributed by atoms with Gasteiger partial charge in [0, 0.05) is 12.0 Å². The van der Waals surface area contributed by atoms with Crippen molar-refractivity contribution >= 4 is 11.9 Å². The minimum absolute atomic E-state index is 0.0443.